The van der Waals surface area contributed by atoms with Gasteiger partial charge in [0.2, 0.25) is 11.6 Å². The number of amides is 2. The number of hydrazine groups is 1. The average molecular weight is 314 g/mol. The number of rotatable bonds is 4. The van der Waals surface area contributed by atoms with Gasteiger partial charge in [0.1, 0.15) is 5.75 Å². The highest BCUT2D eigenvalue weighted by molar-refractivity contribution is 5.97. The first kappa shape index (κ1) is 16.2. The number of aromatic hydroxyl groups is 1. The van der Waals surface area contributed by atoms with Crippen molar-refractivity contribution in [3.8, 4) is 5.75 Å². The summed E-state index contributed by atoms with van der Waals surface area (Å²) in [6, 6.07) is 6.29. The molecule has 1 aromatic rings. The number of carbonyl (C=O) groups excluding carboxylic acids is 2. The largest absolute Gasteiger partial charge is 0.508 e. The zero-order valence-corrected chi connectivity index (χ0v) is 12.2. The second-order valence-corrected chi connectivity index (χ2v) is 4.85. The van der Waals surface area contributed by atoms with Crippen LogP contribution in [0.25, 0.3) is 0 Å². The topological polar surface area (TPSA) is 109 Å². The third-order valence-corrected chi connectivity index (χ3v) is 3.05. The lowest BCUT2D eigenvalue weighted by molar-refractivity contribution is -0.416. The van der Waals surface area contributed by atoms with Gasteiger partial charge in [0.05, 0.1) is 6.42 Å². The predicted octanol–water partition coefficient (Wildman–Crippen LogP) is -0.301. The van der Waals surface area contributed by atoms with Crippen molar-refractivity contribution in [3.63, 3.8) is 0 Å². The van der Waals surface area contributed by atoms with Crippen molar-refractivity contribution in [1.82, 2.24) is 10.9 Å². The van der Waals surface area contributed by atoms with Gasteiger partial charge in [-0.15, -0.1) is 0 Å². The van der Waals surface area contributed by atoms with Crippen molar-refractivity contribution < 1.29 is 19.9 Å². The zero-order chi connectivity index (χ0) is 16.7. The molecule has 0 spiro atoms. The maximum Gasteiger partial charge on any atom is 0.269 e. The number of carbonyl (C=O) groups is 2. The minimum absolute atomic E-state index is 0.0107. The Kier molecular flexibility index (Phi) is 5.40. The molecule has 4 N–H and O–H groups in total. The van der Waals surface area contributed by atoms with Gasteiger partial charge < -0.3 is 5.11 Å². The number of hydrogen-bond donors (Lipinski definition) is 4. The van der Waals surface area contributed by atoms with E-state index in [0.717, 1.165) is 0 Å². The second-order valence-electron chi connectivity index (χ2n) is 4.85. The Balaban J connectivity index is 1.91. The molecular weight excluding hydrogens is 298 g/mol. The van der Waals surface area contributed by atoms with E-state index >= 15 is 0 Å². The molecule has 2 amide bonds. The van der Waals surface area contributed by atoms with Gasteiger partial charge in [-0.25, -0.2) is 0 Å². The van der Waals surface area contributed by atoms with Crippen LogP contribution in [0, 0.1) is 4.91 Å². The Bertz CT molecular complexity index is 720. The lowest BCUT2D eigenvalue weighted by Gasteiger charge is -2.07. The van der Waals surface area contributed by atoms with Gasteiger partial charge in [-0.1, -0.05) is 24.3 Å². The molecule has 23 heavy (non-hydrogen) atoms. The van der Waals surface area contributed by atoms with E-state index in [1.54, 1.807) is 35.5 Å². The molecule has 0 radical (unpaired) electrons. The summed E-state index contributed by atoms with van der Waals surface area (Å²) < 4.78 is 0. The molecule has 7 nitrogen and oxygen atoms in total. The van der Waals surface area contributed by atoms with Gasteiger partial charge in [0.15, 0.2) is 0 Å². The van der Waals surface area contributed by atoms with Crippen LogP contribution in [-0.4, -0.2) is 16.9 Å². The summed E-state index contributed by atoms with van der Waals surface area (Å²) in [6.07, 6.45) is 6.87. The summed E-state index contributed by atoms with van der Waals surface area (Å²) in [4.78, 5) is 34.5. The van der Waals surface area contributed by atoms with Gasteiger partial charge >= 0.3 is 0 Å². The number of nitrogens with one attached hydrogen (secondary N) is 3. The summed E-state index contributed by atoms with van der Waals surface area (Å²) in [7, 11) is 0. The molecule has 0 heterocycles. The molecule has 0 unspecified atom stereocenters. The molecule has 1 aliphatic carbocycles. The fraction of sp³-hybridized carbons (Fsp3) is 0.125. The average Bonchev–Trinajstić information content (AvgIpc) is 2.78. The predicted molar refractivity (Wildman–Crippen MR) is 82.3 cm³/mol. The van der Waals surface area contributed by atoms with Gasteiger partial charge in [-0.2, -0.15) is 0 Å². The van der Waals surface area contributed by atoms with E-state index in [4.69, 9.17) is 0 Å². The summed E-state index contributed by atoms with van der Waals surface area (Å²) in [6.45, 7) is 0. The molecule has 2 rings (SSSR count). The first-order valence-electron chi connectivity index (χ1n) is 6.92. The summed E-state index contributed by atoms with van der Waals surface area (Å²) in [5.74, 6) is -0.897. The summed E-state index contributed by atoms with van der Waals surface area (Å²) in [5.41, 5.74) is 5.72. The molecule has 0 saturated carbocycles. The molecule has 1 aromatic carbocycles. The van der Waals surface area contributed by atoms with Crippen molar-refractivity contribution in [3.05, 3.63) is 70.3 Å². The van der Waals surface area contributed by atoms with Crippen LogP contribution >= 0.6 is 0 Å². The van der Waals surface area contributed by atoms with Crippen LogP contribution < -0.4 is 16.0 Å². The third kappa shape index (κ3) is 4.92. The van der Waals surface area contributed by atoms with Crippen LogP contribution in [0.4, 0.5) is 0 Å². The number of phenols is 1. The van der Waals surface area contributed by atoms with Crippen LogP contribution in [0.5, 0.6) is 5.75 Å². The molecular formula is C16H16N3O4+. The van der Waals surface area contributed by atoms with Gasteiger partial charge in [0.25, 0.3) is 5.91 Å². The lowest BCUT2D eigenvalue weighted by Crippen LogP contribution is -2.61. The number of nitroso groups, excluding NO2 is 1. The fourth-order valence-electron chi connectivity index (χ4n) is 1.97. The van der Waals surface area contributed by atoms with E-state index in [1.165, 1.54) is 18.2 Å². The quantitative estimate of drug-likeness (QED) is 0.572. The third-order valence-electron chi connectivity index (χ3n) is 3.05. The monoisotopic (exact) mass is 314 g/mol. The number of hydrogen-bond acceptors (Lipinski definition) is 4. The molecule has 0 aromatic heterocycles. The maximum absolute atomic E-state index is 12.0. The Labute approximate surface area is 132 Å². The summed E-state index contributed by atoms with van der Waals surface area (Å²) in [5, 5.41) is 11.1. The maximum atomic E-state index is 12.0. The Hall–Kier alpha value is -3.22. The SMILES string of the molecule is O=[NH+]C1=CCC=CC(C(=O)NNC(=O)Cc2cccc(O)c2)=C1. The van der Waals surface area contributed by atoms with E-state index in [9.17, 15) is 19.6 Å². The molecule has 0 fully saturated rings. The highest BCUT2D eigenvalue weighted by atomic mass is 16.3. The van der Waals surface area contributed by atoms with Crippen molar-refractivity contribution in [2.75, 3.05) is 0 Å². The number of benzene rings is 1. The Morgan fingerprint density at radius 1 is 1.26 bits per heavy atom. The normalized spacial score (nSPS) is 13.4. The molecule has 1 aliphatic rings. The van der Waals surface area contributed by atoms with Gasteiger partial charge in [0, 0.05) is 21.7 Å². The second kappa shape index (κ2) is 7.69. The van der Waals surface area contributed by atoms with Crippen LogP contribution in [0.3, 0.4) is 0 Å². The van der Waals surface area contributed by atoms with E-state index in [1.807, 2.05) is 0 Å². The molecule has 0 atom stereocenters. The van der Waals surface area contributed by atoms with Crippen LogP contribution in [0.2, 0.25) is 0 Å². The standard InChI is InChI=1S/C16H15N3O4/c20-14-7-3-4-11(8-14)9-15(21)17-18-16(22)12-5-1-2-6-13(10-12)19-23/h1,3-8,10,20H,2,9H2,(H,17,21)(H,18,22)/p+1. The Morgan fingerprint density at radius 3 is 2.83 bits per heavy atom. The summed E-state index contributed by atoms with van der Waals surface area (Å²) >= 11 is 0. The van der Waals surface area contributed by atoms with E-state index in [0.29, 0.717) is 12.0 Å². The molecule has 0 saturated heterocycles. The van der Waals surface area contributed by atoms with E-state index in [2.05, 4.69) is 10.9 Å². The van der Waals surface area contributed by atoms with Gasteiger partial charge in [-0.05, 0) is 30.2 Å². The zero-order valence-electron chi connectivity index (χ0n) is 12.2. The Morgan fingerprint density at radius 2 is 2.09 bits per heavy atom. The van der Waals surface area contributed by atoms with Crippen molar-refractivity contribution >= 4 is 11.8 Å². The van der Waals surface area contributed by atoms with E-state index < -0.39 is 11.8 Å². The van der Waals surface area contributed by atoms with Crippen LogP contribution in [-0.2, 0) is 16.0 Å². The molecule has 0 aliphatic heterocycles. The first-order chi connectivity index (χ1) is 11.1. The first-order valence-corrected chi connectivity index (χ1v) is 6.92. The van der Waals surface area contributed by atoms with Crippen LogP contribution in [0.15, 0.2) is 59.8 Å². The highest BCUT2D eigenvalue weighted by Crippen LogP contribution is 2.11. The van der Waals surface area contributed by atoms with Gasteiger partial charge in [-0.3, -0.25) is 20.4 Å². The fourth-order valence-corrected chi connectivity index (χ4v) is 1.97. The smallest absolute Gasteiger partial charge is 0.269 e. The molecule has 0 bridgehead atoms. The highest BCUT2D eigenvalue weighted by Gasteiger charge is 2.13. The lowest BCUT2D eigenvalue weighted by atomic mass is 10.1. The number of phenolic OH excluding ortho intramolecular Hbond substituents is 1. The minimum Gasteiger partial charge on any atom is -0.508 e. The van der Waals surface area contributed by atoms with Crippen LogP contribution in [0.1, 0.15) is 12.0 Å². The van der Waals surface area contributed by atoms with Crippen molar-refractivity contribution in [1.29, 1.82) is 0 Å². The molecule has 118 valence electrons. The minimum atomic E-state index is -0.534. The van der Waals surface area contributed by atoms with Crippen molar-refractivity contribution in [2.45, 2.75) is 12.8 Å². The van der Waals surface area contributed by atoms with Crippen molar-refractivity contribution in [2.24, 2.45) is 0 Å². The molecule has 7 heteroatoms. The number of allylic oxidation sites excluding steroid dienone is 3. The van der Waals surface area contributed by atoms with E-state index in [-0.39, 0.29) is 23.4 Å².